The molecule has 0 fully saturated rings. The van der Waals surface area contributed by atoms with E-state index in [2.05, 4.69) is 37.1 Å². The van der Waals surface area contributed by atoms with E-state index < -0.39 is 0 Å². The Hall–Kier alpha value is -1.57. The van der Waals surface area contributed by atoms with Crippen molar-refractivity contribution in [1.29, 1.82) is 0 Å². The number of aryl methyl sites for hydroxylation is 2. The lowest BCUT2D eigenvalue weighted by molar-refractivity contribution is 0.818. The van der Waals surface area contributed by atoms with Crippen molar-refractivity contribution in [2.45, 2.75) is 20.3 Å². The van der Waals surface area contributed by atoms with Gasteiger partial charge in [-0.05, 0) is 31.5 Å². The van der Waals surface area contributed by atoms with Crippen LogP contribution in [0.25, 0.3) is 5.69 Å². The molecule has 2 nitrogen and oxygen atoms in total. The van der Waals surface area contributed by atoms with Crippen molar-refractivity contribution in [3.8, 4) is 5.69 Å². The first-order chi connectivity index (χ1) is 6.81. The van der Waals surface area contributed by atoms with E-state index in [0.717, 1.165) is 17.8 Å². The topological polar surface area (TPSA) is 17.8 Å². The van der Waals surface area contributed by atoms with Crippen LogP contribution in [0, 0.1) is 6.92 Å². The minimum absolute atomic E-state index is 0.987. The first-order valence-corrected chi connectivity index (χ1v) is 4.92. The van der Waals surface area contributed by atoms with E-state index >= 15 is 0 Å². The van der Waals surface area contributed by atoms with Gasteiger partial charge in [-0.15, -0.1) is 0 Å². The molecule has 0 amide bonds. The highest BCUT2D eigenvalue weighted by atomic mass is 15.3. The summed E-state index contributed by atoms with van der Waals surface area (Å²) in [6.45, 7) is 4.20. The van der Waals surface area contributed by atoms with Gasteiger partial charge >= 0.3 is 0 Å². The monoisotopic (exact) mass is 186 g/mol. The van der Waals surface area contributed by atoms with Crippen LogP contribution in [0.15, 0.2) is 36.4 Å². The zero-order valence-corrected chi connectivity index (χ0v) is 8.57. The molecule has 1 heterocycles. The van der Waals surface area contributed by atoms with Gasteiger partial charge in [-0.3, -0.25) is 0 Å². The molecule has 0 saturated heterocycles. The molecule has 0 spiro atoms. The Morgan fingerprint density at radius 1 is 1.21 bits per heavy atom. The lowest BCUT2D eigenvalue weighted by Gasteiger charge is -2.02. The minimum Gasteiger partial charge on any atom is -0.238 e. The van der Waals surface area contributed by atoms with E-state index in [1.807, 2.05) is 22.9 Å². The number of hydrogen-bond acceptors (Lipinski definition) is 1. The summed E-state index contributed by atoms with van der Waals surface area (Å²) in [5, 5.41) is 4.52. The van der Waals surface area contributed by atoms with Crippen molar-refractivity contribution < 1.29 is 0 Å². The van der Waals surface area contributed by atoms with Gasteiger partial charge in [0.1, 0.15) is 0 Å². The Bertz CT molecular complexity index is 415. The quantitative estimate of drug-likeness (QED) is 0.705. The number of nitrogens with zero attached hydrogens (tertiary/aromatic N) is 2. The molecule has 2 heteroatoms. The molecule has 0 bridgehead atoms. The largest absolute Gasteiger partial charge is 0.238 e. The molecule has 72 valence electrons. The highest BCUT2D eigenvalue weighted by Crippen LogP contribution is 2.11. The summed E-state index contributed by atoms with van der Waals surface area (Å²) < 4.78 is 1.98. The second kappa shape index (κ2) is 3.66. The molecule has 0 aliphatic rings. The number of para-hydroxylation sites is 1. The van der Waals surface area contributed by atoms with Crippen LogP contribution in [-0.4, -0.2) is 9.78 Å². The van der Waals surface area contributed by atoms with E-state index in [1.54, 1.807) is 0 Å². The molecule has 1 aromatic heterocycles. The molecular weight excluding hydrogens is 172 g/mol. The number of rotatable bonds is 2. The fourth-order valence-electron chi connectivity index (χ4n) is 1.54. The van der Waals surface area contributed by atoms with Crippen LogP contribution in [0.1, 0.15) is 18.3 Å². The van der Waals surface area contributed by atoms with E-state index in [4.69, 9.17) is 0 Å². The van der Waals surface area contributed by atoms with Crippen LogP contribution in [-0.2, 0) is 6.42 Å². The van der Waals surface area contributed by atoms with Gasteiger partial charge in [0.25, 0.3) is 0 Å². The molecule has 14 heavy (non-hydrogen) atoms. The summed E-state index contributed by atoms with van der Waals surface area (Å²) in [6, 6.07) is 12.3. The molecule has 0 N–H and O–H groups in total. The summed E-state index contributed by atoms with van der Waals surface area (Å²) in [5.41, 5.74) is 3.46. The maximum Gasteiger partial charge on any atom is 0.0648 e. The molecule has 0 aliphatic heterocycles. The number of aromatic nitrogens is 2. The Kier molecular flexibility index (Phi) is 2.35. The Labute approximate surface area is 84.2 Å². The highest BCUT2D eigenvalue weighted by molar-refractivity contribution is 5.32. The third-order valence-corrected chi connectivity index (χ3v) is 2.30. The molecular formula is C12H14N2. The summed E-state index contributed by atoms with van der Waals surface area (Å²) in [4.78, 5) is 0. The smallest absolute Gasteiger partial charge is 0.0648 e. The zero-order valence-electron chi connectivity index (χ0n) is 8.57. The van der Waals surface area contributed by atoms with Gasteiger partial charge in [-0.25, -0.2) is 4.68 Å². The van der Waals surface area contributed by atoms with Crippen molar-refractivity contribution >= 4 is 0 Å². The molecule has 0 atom stereocenters. The fourth-order valence-corrected chi connectivity index (χ4v) is 1.54. The predicted molar refractivity (Wildman–Crippen MR) is 57.7 cm³/mol. The maximum absolute atomic E-state index is 4.52. The Morgan fingerprint density at radius 3 is 2.50 bits per heavy atom. The zero-order chi connectivity index (χ0) is 9.97. The van der Waals surface area contributed by atoms with Crippen molar-refractivity contribution in [2.24, 2.45) is 0 Å². The third-order valence-electron chi connectivity index (χ3n) is 2.30. The Morgan fingerprint density at radius 2 is 1.93 bits per heavy atom. The summed E-state index contributed by atoms with van der Waals surface area (Å²) in [6.07, 6.45) is 0.987. The molecule has 0 unspecified atom stereocenters. The van der Waals surface area contributed by atoms with Crippen molar-refractivity contribution in [1.82, 2.24) is 9.78 Å². The van der Waals surface area contributed by atoms with E-state index in [0.29, 0.717) is 0 Å². The van der Waals surface area contributed by atoms with Gasteiger partial charge < -0.3 is 0 Å². The van der Waals surface area contributed by atoms with Crippen LogP contribution in [0.4, 0.5) is 0 Å². The fraction of sp³-hybridized carbons (Fsp3) is 0.250. The lowest BCUT2D eigenvalue weighted by Crippen LogP contribution is -1.98. The first-order valence-electron chi connectivity index (χ1n) is 4.92. The first kappa shape index (κ1) is 9.00. The van der Waals surface area contributed by atoms with Gasteiger partial charge in [-0.1, -0.05) is 25.1 Å². The summed E-state index contributed by atoms with van der Waals surface area (Å²) in [7, 11) is 0. The average Bonchev–Trinajstić information content (AvgIpc) is 2.61. The average molecular weight is 186 g/mol. The summed E-state index contributed by atoms with van der Waals surface area (Å²) in [5.74, 6) is 0. The second-order valence-corrected chi connectivity index (χ2v) is 3.38. The van der Waals surface area contributed by atoms with Gasteiger partial charge in [0.15, 0.2) is 0 Å². The number of hydrogen-bond donors (Lipinski definition) is 0. The molecule has 0 saturated carbocycles. The van der Waals surface area contributed by atoms with Gasteiger partial charge in [0.2, 0.25) is 0 Å². The van der Waals surface area contributed by atoms with Crippen molar-refractivity contribution in [3.05, 3.63) is 47.8 Å². The third kappa shape index (κ3) is 1.55. The van der Waals surface area contributed by atoms with Crippen molar-refractivity contribution in [3.63, 3.8) is 0 Å². The van der Waals surface area contributed by atoms with Crippen molar-refractivity contribution in [2.75, 3.05) is 0 Å². The minimum atomic E-state index is 0.987. The van der Waals surface area contributed by atoms with E-state index in [9.17, 15) is 0 Å². The molecule has 0 aliphatic carbocycles. The standard InChI is InChI=1S/C12H14N2/c1-3-11-9-10(2)14(13-11)12-7-5-4-6-8-12/h4-9H,3H2,1-2H3. The van der Waals surface area contributed by atoms with E-state index in [1.165, 1.54) is 5.69 Å². The lowest BCUT2D eigenvalue weighted by atomic mass is 10.3. The predicted octanol–water partition coefficient (Wildman–Crippen LogP) is 2.74. The second-order valence-electron chi connectivity index (χ2n) is 3.38. The SMILES string of the molecule is CCc1cc(C)n(-c2ccccc2)n1. The van der Waals surface area contributed by atoms with Crippen LogP contribution in [0.5, 0.6) is 0 Å². The molecule has 2 aromatic rings. The maximum atomic E-state index is 4.52. The van der Waals surface area contributed by atoms with Gasteiger partial charge in [0.05, 0.1) is 11.4 Å². The molecule has 2 rings (SSSR count). The van der Waals surface area contributed by atoms with Crippen LogP contribution in [0.3, 0.4) is 0 Å². The van der Waals surface area contributed by atoms with E-state index in [-0.39, 0.29) is 0 Å². The van der Waals surface area contributed by atoms with Gasteiger partial charge in [-0.2, -0.15) is 5.10 Å². The normalized spacial score (nSPS) is 10.4. The van der Waals surface area contributed by atoms with Gasteiger partial charge in [0, 0.05) is 5.69 Å². The number of benzene rings is 1. The van der Waals surface area contributed by atoms with Crippen LogP contribution >= 0.6 is 0 Å². The Balaban J connectivity index is 2.46. The highest BCUT2D eigenvalue weighted by Gasteiger charge is 2.03. The van der Waals surface area contributed by atoms with Crippen LogP contribution in [0.2, 0.25) is 0 Å². The van der Waals surface area contributed by atoms with Crippen LogP contribution < -0.4 is 0 Å². The molecule has 1 aromatic carbocycles. The summed E-state index contributed by atoms with van der Waals surface area (Å²) >= 11 is 0. The molecule has 0 radical (unpaired) electrons.